The Hall–Kier alpha value is -1.84. The normalized spacial score (nSPS) is 16.2. The van der Waals surface area contributed by atoms with E-state index in [1.54, 1.807) is 0 Å². The zero-order valence-corrected chi connectivity index (χ0v) is 15.8. The van der Waals surface area contributed by atoms with Crippen molar-refractivity contribution in [1.29, 1.82) is 0 Å². The molecule has 3 nitrogen and oxygen atoms in total. The lowest BCUT2D eigenvalue weighted by atomic mass is 10.1. The van der Waals surface area contributed by atoms with Crippen LogP contribution < -0.4 is 10.2 Å². The quantitative estimate of drug-likeness (QED) is 0.893. The highest BCUT2D eigenvalue weighted by Gasteiger charge is 2.17. The average Bonchev–Trinajstić information content (AvgIpc) is 2.61. The molecule has 1 fully saturated rings. The molecule has 1 heterocycles. The van der Waals surface area contributed by atoms with Crippen LogP contribution in [0.3, 0.4) is 0 Å². The van der Waals surface area contributed by atoms with E-state index < -0.39 is 0 Å². The number of hydrogen-bond donors (Lipinski definition) is 1. The fourth-order valence-corrected chi connectivity index (χ4v) is 3.20. The van der Waals surface area contributed by atoms with E-state index >= 15 is 0 Å². The van der Waals surface area contributed by atoms with Crippen LogP contribution in [0.25, 0.3) is 0 Å². The van der Waals surface area contributed by atoms with Crippen molar-refractivity contribution in [2.75, 3.05) is 31.1 Å². The summed E-state index contributed by atoms with van der Waals surface area (Å²) in [5, 5.41) is 3.55. The van der Waals surface area contributed by atoms with Gasteiger partial charge in [-0.15, -0.1) is 0 Å². The highest BCUT2D eigenvalue weighted by Crippen LogP contribution is 2.18. The fourth-order valence-electron chi connectivity index (χ4n) is 3.20. The van der Waals surface area contributed by atoms with Crippen LogP contribution in [-0.2, 0) is 13.1 Å². The summed E-state index contributed by atoms with van der Waals surface area (Å²) in [4.78, 5) is 5.05. The standard InChI is InChI=1S/C22H31N3/c1-22(2,3)23-17-19-9-11-21(12-10-19)25-15-13-24(14-16-25)18-20-7-5-4-6-8-20/h4-12,23H,13-18H2,1-3H3. The topological polar surface area (TPSA) is 18.5 Å². The average molecular weight is 338 g/mol. The minimum Gasteiger partial charge on any atom is -0.369 e. The smallest absolute Gasteiger partial charge is 0.0367 e. The van der Waals surface area contributed by atoms with Gasteiger partial charge in [0.05, 0.1) is 0 Å². The maximum atomic E-state index is 3.55. The van der Waals surface area contributed by atoms with E-state index in [9.17, 15) is 0 Å². The Morgan fingerprint density at radius 2 is 1.44 bits per heavy atom. The predicted octanol–water partition coefficient (Wildman–Crippen LogP) is 3.90. The molecule has 25 heavy (non-hydrogen) atoms. The summed E-state index contributed by atoms with van der Waals surface area (Å²) in [7, 11) is 0. The van der Waals surface area contributed by atoms with Crippen LogP contribution in [0.2, 0.25) is 0 Å². The lowest BCUT2D eigenvalue weighted by Gasteiger charge is -2.36. The monoisotopic (exact) mass is 337 g/mol. The van der Waals surface area contributed by atoms with Gasteiger partial charge in [0, 0.05) is 50.5 Å². The molecule has 0 saturated carbocycles. The van der Waals surface area contributed by atoms with Crippen LogP contribution in [0.4, 0.5) is 5.69 Å². The Balaban J connectivity index is 1.49. The summed E-state index contributed by atoms with van der Waals surface area (Å²) in [5.41, 5.74) is 4.26. The SMILES string of the molecule is CC(C)(C)NCc1ccc(N2CCN(Cc3ccccc3)CC2)cc1. The van der Waals surface area contributed by atoms with Crippen molar-refractivity contribution in [3.8, 4) is 0 Å². The molecule has 0 aromatic heterocycles. The summed E-state index contributed by atoms with van der Waals surface area (Å²) in [6.45, 7) is 13.1. The molecule has 1 N–H and O–H groups in total. The van der Waals surface area contributed by atoms with Crippen molar-refractivity contribution >= 4 is 5.69 Å². The summed E-state index contributed by atoms with van der Waals surface area (Å²) in [5.74, 6) is 0. The van der Waals surface area contributed by atoms with E-state index in [2.05, 4.69) is 90.5 Å². The molecule has 0 radical (unpaired) electrons. The molecule has 3 rings (SSSR count). The number of rotatable bonds is 5. The largest absolute Gasteiger partial charge is 0.369 e. The van der Waals surface area contributed by atoms with E-state index in [0.717, 1.165) is 39.3 Å². The van der Waals surface area contributed by atoms with Gasteiger partial charge in [0.25, 0.3) is 0 Å². The summed E-state index contributed by atoms with van der Waals surface area (Å²) >= 11 is 0. The van der Waals surface area contributed by atoms with Crippen LogP contribution in [0.15, 0.2) is 54.6 Å². The lowest BCUT2D eigenvalue weighted by molar-refractivity contribution is 0.250. The first-order valence-corrected chi connectivity index (χ1v) is 9.35. The maximum absolute atomic E-state index is 3.55. The van der Waals surface area contributed by atoms with Gasteiger partial charge >= 0.3 is 0 Å². The van der Waals surface area contributed by atoms with Gasteiger partial charge in [-0.2, -0.15) is 0 Å². The van der Waals surface area contributed by atoms with E-state index in [0.29, 0.717) is 0 Å². The summed E-state index contributed by atoms with van der Waals surface area (Å²) < 4.78 is 0. The van der Waals surface area contributed by atoms with Crippen LogP contribution in [-0.4, -0.2) is 36.6 Å². The van der Waals surface area contributed by atoms with Crippen molar-refractivity contribution in [2.24, 2.45) is 0 Å². The number of nitrogens with zero attached hydrogens (tertiary/aromatic N) is 2. The molecule has 0 amide bonds. The van der Waals surface area contributed by atoms with Crippen molar-refractivity contribution in [3.63, 3.8) is 0 Å². The second kappa shape index (κ2) is 8.03. The third kappa shape index (κ3) is 5.58. The molecule has 1 saturated heterocycles. The second-order valence-electron chi connectivity index (χ2n) is 8.02. The third-order valence-corrected chi connectivity index (χ3v) is 4.75. The number of benzene rings is 2. The van der Waals surface area contributed by atoms with E-state index in [4.69, 9.17) is 0 Å². The Labute approximate surface area is 152 Å². The molecule has 134 valence electrons. The zero-order chi connectivity index (χ0) is 17.7. The molecular weight excluding hydrogens is 306 g/mol. The van der Waals surface area contributed by atoms with Crippen molar-refractivity contribution in [1.82, 2.24) is 10.2 Å². The first kappa shape index (κ1) is 18.0. The van der Waals surface area contributed by atoms with E-state index in [1.165, 1.54) is 16.8 Å². The molecule has 3 heteroatoms. The van der Waals surface area contributed by atoms with Gasteiger partial charge in [0.1, 0.15) is 0 Å². The Morgan fingerprint density at radius 1 is 0.800 bits per heavy atom. The van der Waals surface area contributed by atoms with Gasteiger partial charge in [-0.25, -0.2) is 0 Å². The van der Waals surface area contributed by atoms with Gasteiger partial charge in [-0.1, -0.05) is 42.5 Å². The Bertz CT molecular complexity index is 635. The number of anilines is 1. The molecule has 1 aliphatic rings. The summed E-state index contributed by atoms with van der Waals surface area (Å²) in [6, 6.07) is 19.8. The van der Waals surface area contributed by atoms with Gasteiger partial charge in [-0.3, -0.25) is 4.90 Å². The molecule has 0 atom stereocenters. The molecular formula is C22H31N3. The third-order valence-electron chi connectivity index (χ3n) is 4.75. The maximum Gasteiger partial charge on any atom is 0.0367 e. The first-order valence-electron chi connectivity index (χ1n) is 9.35. The molecule has 1 aliphatic heterocycles. The van der Waals surface area contributed by atoms with E-state index in [-0.39, 0.29) is 5.54 Å². The molecule has 0 bridgehead atoms. The fraction of sp³-hybridized carbons (Fsp3) is 0.455. The molecule has 0 spiro atoms. The van der Waals surface area contributed by atoms with Gasteiger partial charge in [0.2, 0.25) is 0 Å². The van der Waals surface area contributed by atoms with Crippen LogP contribution in [0.1, 0.15) is 31.9 Å². The summed E-state index contributed by atoms with van der Waals surface area (Å²) in [6.07, 6.45) is 0. The van der Waals surface area contributed by atoms with Crippen molar-refractivity contribution < 1.29 is 0 Å². The highest BCUT2D eigenvalue weighted by molar-refractivity contribution is 5.48. The minimum absolute atomic E-state index is 0.160. The molecule has 2 aromatic carbocycles. The van der Waals surface area contributed by atoms with Crippen molar-refractivity contribution in [2.45, 2.75) is 39.4 Å². The van der Waals surface area contributed by atoms with Gasteiger partial charge < -0.3 is 10.2 Å². The van der Waals surface area contributed by atoms with Crippen LogP contribution in [0.5, 0.6) is 0 Å². The Morgan fingerprint density at radius 3 is 2.04 bits per heavy atom. The van der Waals surface area contributed by atoms with Gasteiger partial charge in [0.15, 0.2) is 0 Å². The van der Waals surface area contributed by atoms with Crippen LogP contribution in [0, 0.1) is 0 Å². The number of piperazine rings is 1. The van der Waals surface area contributed by atoms with Crippen molar-refractivity contribution in [3.05, 3.63) is 65.7 Å². The minimum atomic E-state index is 0.160. The Kier molecular flexibility index (Phi) is 5.77. The first-order chi connectivity index (χ1) is 12.0. The lowest BCUT2D eigenvalue weighted by Crippen LogP contribution is -2.45. The number of hydrogen-bond acceptors (Lipinski definition) is 3. The molecule has 2 aromatic rings. The van der Waals surface area contributed by atoms with Gasteiger partial charge in [-0.05, 0) is 44.0 Å². The van der Waals surface area contributed by atoms with Crippen LogP contribution >= 0.6 is 0 Å². The highest BCUT2D eigenvalue weighted by atomic mass is 15.3. The zero-order valence-electron chi connectivity index (χ0n) is 15.8. The number of nitrogens with one attached hydrogen (secondary N) is 1. The molecule has 0 unspecified atom stereocenters. The predicted molar refractivity (Wildman–Crippen MR) is 107 cm³/mol. The second-order valence-corrected chi connectivity index (χ2v) is 8.02. The molecule has 0 aliphatic carbocycles. The van der Waals surface area contributed by atoms with E-state index in [1.807, 2.05) is 0 Å².